The number of carbonyl (C=O) groups is 2. The Bertz CT molecular complexity index is 316. The van der Waals surface area contributed by atoms with Gasteiger partial charge in [-0.25, -0.2) is 0 Å². The second-order valence-corrected chi connectivity index (χ2v) is 5.32. The summed E-state index contributed by atoms with van der Waals surface area (Å²) >= 11 is 0. The Hall–Kier alpha value is -0.900. The molecule has 0 radical (unpaired) electrons. The molecule has 1 saturated heterocycles. The molecule has 2 aliphatic rings. The standard InChI is InChI=1S/C14H23NO3/c1-2-18-10-12-6-4-8-15(12)14(17)11-5-3-7-13(16)9-11/h11-12H,2-10H2,1H3/t11?,12-/m0/s1. The number of carbonyl (C=O) groups excluding carboxylic acids is 2. The fourth-order valence-electron chi connectivity index (χ4n) is 3.02. The van der Waals surface area contributed by atoms with E-state index in [-0.39, 0.29) is 23.7 Å². The first-order valence-electron chi connectivity index (χ1n) is 7.12. The largest absolute Gasteiger partial charge is 0.380 e. The Kier molecular flexibility index (Phi) is 4.75. The van der Waals surface area contributed by atoms with E-state index >= 15 is 0 Å². The van der Waals surface area contributed by atoms with E-state index in [0.717, 1.165) is 32.2 Å². The smallest absolute Gasteiger partial charge is 0.226 e. The molecule has 1 amide bonds. The molecule has 0 aromatic rings. The van der Waals surface area contributed by atoms with Crippen LogP contribution in [0.5, 0.6) is 0 Å². The van der Waals surface area contributed by atoms with Crippen molar-refractivity contribution in [2.45, 2.75) is 51.5 Å². The molecule has 0 aromatic heterocycles. The van der Waals surface area contributed by atoms with Gasteiger partial charge in [0.2, 0.25) is 5.91 Å². The lowest BCUT2D eigenvalue weighted by molar-refractivity contribution is -0.141. The highest BCUT2D eigenvalue weighted by Gasteiger charge is 2.35. The highest BCUT2D eigenvalue weighted by molar-refractivity contribution is 5.88. The van der Waals surface area contributed by atoms with Crippen LogP contribution in [0.4, 0.5) is 0 Å². The molecule has 2 rings (SSSR count). The molecule has 0 aromatic carbocycles. The molecule has 18 heavy (non-hydrogen) atoms. The van der Waals surface area contributed by atoms with E-state index in [1.54, 1.807) is 0 Å². The molecule has 102 valence electrons. The van der Waals surface area contributed by atoms with E-state index in [2.05, 4.69) is 0 Å². The second-order valence-electron chi connectivity index (χ2n) is 5.32. The van der Waals surface area contributed by atoms with Crippen LogP contribution in [-0.2, 0) is 14.3 Å². The van der Waals surface area contributed by atoms with Gasteiger partial charge in [0.05, 0.1) is 12.6 Å². The maximum Gasteiger partial charge on any atom is 0.226 e. The van der Waals surface area contributed by atoms with Gasteiger partial charge in [-0.3, -0.25) is 9.59 Å². The van der Waals surface area contributed by atoms with Crippen LogP contribution in [0, 0.1) is 5.92 Å². The number of Topliss-reactive ketones (excluding diaryl/α,β-unsaturated/α-hetero) is 1. The average Bonchev–Trinajstić information content (AvgIpc) is 2.83. The van der Waals surface area contributed by atoms with E-state index in [1.807, 2.05) is 11.8 Å². The quantitative estimate of drug-likeness (QED) is 0.767. The first-order chi connectivity index (χ1) is 8.72. The summed E-state index contributed by atoms with van der Waals surface area (Å²) < 4.78 is 5.45. The van der Waals surface area contributed by atoms with Crippen LogP contribution in [0.3, 0.4) is 0 Å². The van der Waals surface area contributed by atoms with Crippen molar-refractivity contribution in [3.8, 4) is 0 Å². The van der Waals surface area contributed by atoms with Crippen molar-refractivity contribution in [2.24, 2.45) is 5.92 Å². The molecular formula is C14H23NO3. The number of hydrogen-bond donors (Lipinski definition) is 0. The molecular weight excluding hydrogens is 230 g/mol. The number of ketones is 1. The van der Waals surface area contributed by atoms with Crippen molar-refractivity contribution >= 4 is 11.7 Å². The molecule has 1 aliphatic carbocycles. The summed E-state index contributed by atoms with van der Waals surface area (Å²) in [7, 11) is 0. The van der Waals surface area contributed by atoms with Gasteiger partial charge in [0, 0.05) is 31.9 Å². The number of nitrogens with zero attached hydrogens (tertiary/aromatic N) is 1. The maximum absolute atomic E-state index is 12.4. The molecule has 4 nitrogen and oxygen atoms in total. The van der Waals surface area contributed by atoms with Gasteiger partial charge in [-0.1, -0.05) is 0 Å². The van der Waals surface area contributed by atoms with E-state index in [1.165, 1.54) is 0 Å². The number of hydrogen-bond acceptors (Lipinski definition) is 3. The minimum Gasteiger partial charge on any atom is -0.380 e. The highest BCUT2D eigenvalue weighted by atomic mass is 16.5. The van der Waals surface area contributed by atoms with Gasteiger partial charge < -0.3 is 9.64 Å². The van der Waals surface area contributed by atoms with Gasteiger partial charge in [0.1, 0.15) is 5.78 Å². The van der Waals surface area contributed by atoms with Gasteiger partial charge in [0.25, 0.3) is 0 Å². The average molecular weight is 253 g/mol. The van der Waals surface area contributed by atoms with Crippen molar-refractivity contribution in [3.05, 3.63) is 0 Å². The molecule has 0 spiro atoms. The summed E-state index contributed by atoms with van der Waals surface area (Å²) in [6.45, 7) is 4.14. The molecule has 1 heterocycles. The van der Waals surface area contributed by atoms with E-state index in [9.17, 15) is 9.59 Å². The molecule has 1 saturated carbocycles. The summed E-state index contributed by atoms with van der Waals surface area (Å²) in [6, 6.07) is 0.231. The van der Waals surface area contributed by atoms with E-state index < -0.39 is 0 Å². The molecule has 0 N–H and O–H groups in total. The number of likely N-dealkylation sites (tertiary alicyclic amines) is 1. The number of ether oxygens (including phenoxy) is 1. The zero-order valence-corrected chi connectivity index (χ0v) is 11.2. The van der Waals surface area contributed by atoms with Crippen LogP contribution in [0.25, 0.3) is 0 Å². The monoisotopic (exact) mass is 253 g/mol. The van der Waals surface area contributed by atoms with Crippen LogP contribution < -0.4 is 0 Å². The molecule has 1 unspecified atom stereocenters. The fraction of sp³-hybridized carbons (Fsp3) is 0.857. The first-order valence-corrected chi connectivity index (χ1v) is 7.12. The van der Waals surface area contributed by atoms with Crippen molar-refractivity contribution < 1.29 is 14.3 Å². The minimum absolute atomic E-state index is 0.0616. The third-order valence-electron chi connectivity index (χ3n) is 4.01. The predicted octanol–water partition coefficient (Wildman–Crippen LogP) is 1.77. The van der Waals surface area contributed by atoms with Gasteiger partial charge >= 0.3 is 0 Å². The summed E-state index contributed by atoms with van der Waals surface area (Å²) in [5.41, 5.74) is 0. The Labute approximate surface area is 109 Å². The van der Waals surface area contributed by atoms with E-state index in [0.29, 0.717) is 26.1 Å². The maximum atomic E-state index is 12.4. The van der Waals surface area contributed by atoms with Crippen molar-refractivity contribution in [3.63, 3.8) is 0 Å². The van der Waals surface area contributed by atoms with Gasteiger partial charge in [-0.05, 0) is 32.6 Å². The summed E-state index contributed by atoms with van der Waals surface area (Å²) in [5, 5.41) is 0. The molecule has 2 fully saturated rings. The Morgan fingerprint density at radius 3 is 2.94 bits per heavy atom. The Morgan fingerprint density at radius 1 is 1.39 bits per heavy atom. The van der Waals surface area contributed by atoms with Gasteiger partial charge in [0.15, 0.2) is 0 Å². The van der Waals surface area contributed by atoms with Crippen molar-refractivity contribution in [1.82, 2.24) is 4.90 Å². The topological polar surface area (TPSA) is 46.6 Å². The van der Waals surface area contributed by atoms with Gasteiger partial charge in [-0.2, -0.15) is 0 Å². The molecule has 0 bridgehead atoms. The zero-order chi connectivity index (χ0) is 13.0. The van der Waals surface area contributed by atoms with Gasteiger partial charge in [-0.15, -0.1) is 0 Å². The highest BCUT2D eigenvalue weighted by Crippen LogP contribution is 2.27. The van der Waals surface area contributed by atoms with Crippen LogP contribution in [-0.4, -0.2) is 42.4 Å². The van der Waals surface area contributed by atoms with Crippen LogP contribution in [0.1, 0.15) is 45.4 Å². The van der Waals surface area contributed by atoms with Crippen molar-refractivity contribution in [1.29, 1.82) is 0 Å². The van der Waals surface area contributed by atoms with E-state index in [4.69, 9.17) is 4.74 Å². The number of amides is 1. The zero-order valence-electron chi connectivity index (χ0n) is 11.2. The third kappa shape index (κ3) is 3.10. The first kappa shape index (κ1) is 13.5. The van der Waals surface area contributed by atoms with Crippen LogP contribution >= 0.6 is 0 Å². The summed E-state index contributed by atoms with van der Waals surface area (Å²) in [5.74, 6) is 0.374. The molecule has 4 heteroatoms. The SMILES string of the molecule is CCOC[C@@H]1CCCN1C(=O)C1CCCC(=O)C1. The lowest BCUT2D eigenvalue weighted by Gasteiger charge is -2.30. The lowest BCUT2D eigenvalue weighted by atomic mass is 9.87. The Morgan fingerprint density at radius 2 is 2.22 bits per heavy atom. The lowest BCUT2D eigenvalue weighted by Crippen LogP contribution is -2.43. The Balaban J connectivity index is 1.92. The van der Waals surface area contributed by atoms with Crippen LogP contribution in [0.15, 0.2) is 0 Å². The van der Waals surface area contributed by atoms with Crippen LogP contribution in [0.2, 0.25) is 0 Å². The normalized spacial score (nSPS) is 28.7. The van der Waals surface area contributed by atoms with Crippen molar-refractivity contribution in [2.75, 3.05) is 19.8 Å². The number of rotatable bonds is 4. The second kappa shape index (κ2) is 6.32. The minimum atomic E-state index is -0.0616. The predicted molar refractivity (Wildman–Crippen MR) is 68.2 cm³/mol. The summed E-state index contributed by atoms with van der Waals surface area (Å²) in [6.07, 6.45) is 4.96. The fourth-order valence-corrected chi connectivity index (χ4v) is 3.02. The molecule has 2 atom stereocenters. The third-order valence-corrected chi connectivity index (χ3v) is 4.01. The summed E-state index contributed by atoms with van der Waals surface area (Å²) in [4.78, 5) is 25.8. The molecule has 1 aliphatic heterocycles.